The molecule has 1 heterocycles. The molecule has 1 aliphatic heterocycles. The van der Waals surface area contributed by atoms with Crippen molar-refractivity contribution in [2.75, 3.05) is 38.6 Å². The highest BCUT2D eigenvalue weighted by molar-refractivity contribution is 7.99. The van der Waals surface area contributed by atoms with E-state index in [1.165, 1.54) is 25.1 Å². The molecule has 0 spiro atoms. The largest absolute Gasteiger partial charge is 0.508 e. The Balaban J connectivity index is 1.62. The summed E-state index contributed by atoms with van der Waals surface area (Å²) in [5, 5.41) is 19.0. The molecule has 1 aromatic carbocycles. The number of aromatic hydroxyl groups is 2. The standard InChI is InChI=1S/C14H21NO3S/c16-12-3-4-13(17)14(11-12)19-10-2-1-5-15-6-8-18-9-7-15/h3-4,11,16-17H,1-2,5-10H2/p+1. The van der Waals surface area contributed by atoms with Crippen LogP contribution in [0.1, 0.15) is 12.8 Å². The van der Waals surface area contributed by atoms with Crippen LogP contribution in [-0.2, 0) is 4.74 Å². The fourth-order valence-electron chi connectivity index (χ4n) is 2.19. The van der Waals surface area contributed by atoms with Crippen LogP contribution in [-0.4, -0.2) is 48.8 Å². The molecule has 1 saturated heterocycles. The lowest BCUT2D eigenvalue weighted by molar-refractivity contribution is -0.908. The Kier molecular flexibility index (Phi) is 5.82. The minimum Gasteiger partial charge on any atom is -0.508 e. The van der Waals surface area contributed by atoms with Gasteiger partial charge >= 0.3 is 0 Å². The third kappa shape index (κ3) is 4.93. The minimum absolute atomic E-state index is 0.207. The fourth-order valence-corrected chi connectivity index (χ4v) is 3.18. The van der Waals surface area contributed by atoms with Crippen LogP contribution in [0.15, 0.2) is 23.1 Å². The summed E-state index contributed by atoms with van der Waals surface area (Å²) in [6.07, 6.45) is 2.33. The van der Waals surface area contributed by atoms with Gasteiger partial charge in [0, 0.05) is 0 Å². The van der Waals surface area contributed by atoms with Crippen LogP contribution in [0.5, 0.6) is 11.5 Å². The van der Waals surface area contributed by atoms with Crippen molar-refractivity contribution in [2.24, 2.45) is 0 Å². The number of hydrogen-bond acceptors (Lipinski definition) is 4. The molecule has 2 rings (SSSR count). The normalized spacial score (nSPS) is 16.6. The number of phenols is 2. The van der Waals surface area contributed by atoms with Gasteiger partial charge < -0.3 is 19.8 Å². The molecule has 0 unspecified atom stereocenters. The van der Waals surface area contributed by atoms with E-state index in [4.69, 9.17) is 4.74 Å². The second-order valence-corrected chi connectivity index (χ2v) is 5.96. The maximum atomic E-state index is 9.65. The Hall–Kier alpha value is -0.910. The van der Waals surface area contributed by atoms with E-state index in [9.17, 15) is 10.2 Å². The van der Waals surface area contributed by atoms with E-state index < -0.39 is 0 Å². The van der Waals surface area contributed by atoms with Gasteiger partial charge in [0.25, 0.3) is 0 Å². The Morgan fingerprint density at radius 1 is 1.16 bits per heavy atom. The molecular weight excluding hydrogens is 262 g/mol. The molecule has 106 valence electrons. The monoisotopic (exact) mass is 284 g/mol. The SMILES string of the molecule is Oc1ccc(O)c(SCCCC[NH+]2CCOCC2)c1. The van der Waals surface area contributed by atoms with Gasteiger partial charge in [0.05, 0.1) is 24.7 Å². The van der Waals surface area contributed by atoms with E-state index in [0.29, 0.717) is 0 Å². The molecule has 1 aromatic rings. The number of hydrogen-bond donors (Lipinski definition) is 3. The van der Waals surface area contributed by atoms with Crippen molar-refractivity contribution in [3.63, 3.8) is 0 Å². The third-order valence-electron chi connectivity index (χ3n) is 3.33. The molecule has 0 saturated carbocycles. The van der Waals surface area contributed by atoms with Crippen LogP contribution in [0, 0.1) is 0 Å². The Labute approximate surface area is 118 Å². The number of phenolic OH excluding ortho intramolecular Hbond substituents is 2. The van der Waals surface area contributed by atoms with Crippen LogP contribution in [0.3, 0.4) is 0 Å². The van der Waals surface area contributed by atoms with Gasteiger partial charge in [-0.1, -0.05) is 0 Å². The highest BCUT2D eigenvalue weighted by atomic mass is 32.2. The first kappa shape index (κ1) is 14.5. The van der Waals surface area contributed by atoms with Crippen molar-refractivity contribution in [1.29, 1.82) is 0 Å². The molecule has 19 heavy (non-hydrogen) atoms. The fraction of sp³-hybridized carbons (Fsp3) is 0.571. The number of benzene rings is 1. The summed E-state index contributed by atoms with van der Waals surface area (Å²) in [5.41, 5.74) is 0. The van der Waals surface area contributed by atoms with Crippen molar-refractivity contribution < 1.29 is 19.8 Å². The molecular formula is C14H22NO3S+. The third-order valence-corrected chi connectivity index (χ3v) is 4.46. The van der Waals surface area contributed by atoms with Gasteiger partial charge in [0.1, 0.15) is 24.6 Å². The lowest BCUT2D eigenvalue weighted by Crippen LogP contribution is -3.14. The Bertz CT molecular complexity index is 394. The summed E-state index contributed by atoms with van der Waals surface area (Å²) in [5.74, 6) is 1.43. The predicted molar refractivity (Wildman–Crippen MR) is 76.1 cm³/mol. The van der Waals surface area contributed by atoms with E-state index in [1.807, 2.05) is 0 Å². The summed E-state index contributed by atoms with van der Waals surface area (Å²) in [7, 11) is 0. The topological polar surface area (TPSA) is 54.1 Å². The summed E-state index contributed by atoms with van der Waals surface area (Å²) in [6.45, 7) is 5.24. The van der Waals surface area contributed by atoms with E-state index in [-0.39, 0.29) is 11.5 Å². The number of quaternary nitrogens is 1. The zero-order valence-electron chi connectivity index (χ0n) is 11.1. The molecule has 1 fully saturated rings. The maximum Gasteiger partial charge on any atom is 0.129 e. The van der Waals surface area contributed by atoms with Crippen LogP contribution < -0.4 is 4.90 Å². The maximum absolute atomic E-state index is 9.65. The number of rotatable bonds is 6. The van der Waals surface area contributed by atoms with Crippen molar-refractivity contribution in [2.45, 2.75) is 17.7 Å². The van der Waals surface area contributed by atoms with Crippen molar-refractivity contribution in [1.82, 2.24) is 0 Å². The second kappa shape index (κ2) is 7.62. The molecule has 0 radical (unpaired) electrons. The highest BCUT2D eigenvalue weighted by Gasteiger charge is 2.12. The smallest absolute Gasteiger partial charge is 0.129 e. The summed E-state index contributed by atoms with van der Waals surface area (Å²) in [6, 6.07) is 4.66. The quantitative estimate of drug-likeness (QED) is 0.412. The van der Waals surface area contributed by atoms with Gasteiger partial charge in [-0.25, -0.2) is 0 Å². The van der Waals surface area contributed by atoms with E-state index in [2.05, 4.69) is 0 Å². The lowest BCUT2D eigenvalue weighted by Gasteiger charge is -2.23. The van der Waals surface area contributed by atoms with Crippen molar-refractivity contribution in [3.8, 4) is 11.5 Å². The number of ether oxygens (including phenoxy) is 1. The number of nitrogens with one attached hydrogen (secondary N) is 1. The average Bonchev–Trinajstić information content (AvgIpc) is 2.43. The first-order chi connectivity index (χ1) is 9.25. The Morgan fingerprint density at radius 3 is 2.74 bits per heavy atom. The van der Waals surface area contributed by atoms with E-state index in [1.54, 1.807) is 22.7 Å². The molecule has 0 bridgehead atoms. The highest BCUT2D eigenvalue weighted by Crippen LogP contribution is 2.31. The van der Waals surface area contributed by atoms with Gasteiger partial charge in [-0.2, -0.15) is 0 Å². The Morgan fingerprint density at radius 2 is 1.95 bits per heavy atom. The molecule has 0 aliphatic carbocycles. The predicted octanol–water partition coefficient (Wildman–Crippen LogP) is 0.885. The van der Waals surface area contributed by atoms with E-state index >= 15 is 0 Å². The molecule has 5 heteroatoms. The molecule has 1 aliphatic rings. The van der Waals surface area contributed by atoms with Crippen LogP contribution >= 0.6 is 11.8 Å². The molecule has 3 N–H and O–H groups in total. The zero-order valence-corrected chi connectivity index (χ0v) is 11.9. The van der Waals surface area contributed by atoms with Crippen LogP contribution in [0.4, 0.5) is 0 Å². The number of morpholine rings is 1. The van der Waals surface area contributed by atoms with Gasteiger partial charge in [0.15, 0.2) is 0 Å². The lowest BCUT2D eigenvalue weighted by atomic mass is 10.3. The first-order valence-corrected chi connectivity index (χ1v) is 7.80. The first-order valence-electron chi connectivity index (χ1n) is 6.82. The van der Waals surface area contributed by atoms with Gasteiger partial charge in [-0.15, -0.1) is 11.8 Å². The van der Waals surface area contributed by atoms with E-state index in [0.717, 1.165) is 43.4 Å². The van der Waals surface area contributed by atoms with Gasteiger partial charge in [-0.3, -0.25) is 0 Å². The second-order valence-electron chi connectivity index (χ2n) is 4.82. The van der Waals surface area contributed by atoms with Crippen LogP contribution in [0.25, 0.3) is 0 Å². The number of unbranched alkanes of at least 4 members (excludes halogenated alkanes) is 1. The molecule has 4 nitrogen and oxygen atoms in total. The summed E-state index contributed by atoms with van der Waals surface area (Å²) in [4.78, 5) is 2.40. The van der Waals surface area contributed by atoms with Crippen molar-refractivity contribution in [3.05, 3.63) is 18.2 Å². The minimum atomic E-state index is 0.207. The number of thioether (sulfide) groups is 1. The summed E-state index contributed by atoms with van der Waals surface area (Å²) < 4.78 is 5.33. The molecule has 0 atom stereocenters. The molecule has 0 amide bonds. The summed E-state index contributed by atoms with van der Waals surface area (Å²) >= 11 is 1.60. The van der Waals surface area contributed by atoms with Gasteiger partial charge in [-0.05, 0) is 36.8 Å². The van der Waals surface area contributed by atoms with Crippen LogP contribution in [0.2, 0.25) is 0 Å². The van der Waals surface area contributed by atoms with Gasteiger partial charge in [0.2, 0.25) is 0 Å². The van der Waals surface area contributed by atoms with Crippen molar-refractivity contribution >= 4 is 11.8 Å². The average molecular weight is 284 g/mol. The zero-order chi connectivity index (χ0) is 13.5. The molecule has 0 aromatic heterocycles.